The zero-order valence-corrected chi connectivity index (χ0v) is 16.0. The summed E-state index contributed by atoms with van der Waals surface area (Å²) in [5.41, 5.74) is 0.359. The number of carbonyl (C=O) groups excluding carboxylic acids is 2. The second-order valence-electron chi connectivity index (χ2n) is 7.52. The summed E-state index contributed by atoms with van der Waals surface area (Å²) in [5, 5.41) is -0.0156. The molecule has 2 aromatic rings. The van der Waals surface area contributed by atoms with E-state index in [9.17, 15) is 14.0 Å². The predicted octanol–water partition coefficient (Wildman–Crippen LogP) is 3.51. The fraction of sp³-hybridized carbons (Fsp3) is 0.273. The monoisotopic (exact) mass is 413 g/mol. The Hall–Kier alpha value is -2.70. The van der Waals surface area contributed by atoms with Crippen molar-refractivity contribution in [1.82, 2.24) is 0 Å². The van der Waals surface area contributed by atoms with E-state index in [1.54, 1.807) is 6.07 Å². The largest absolute Gasteiger partial charge is 0.460 e. The summed E-state index contributed by atoms with van der Waals surface area (Å²) < 4.78 is 25.5. The number of amides is 1. The summed E-state index contributed by atoms with van der Waals surface area (Å²) in [7, 11) is 0. The summed E-state index contributed by atoms with van der Waals surface area (Å²) in [6.07, 6.45) is 3.16. The van der Waals surface area contributed by atoms with Gasteiger partial charge in [0.05, 0.1) is 23.6 Å². The molecule has 3 aliphatic rings. The van der Waals surface area contributed by atoms with Crippen molar-refractivity contribution in [3.63, 3.8) is 0 Å². The van der Waals surface area contributed by atoms with Gasteiger partial charge in [0.15, 0.2) is 0 Å². The Morgan fingerprint density at radius 3 is 2.83 bits per heavy atom. The molecule has 7 heteroatoms. The van der Waals surface area contributed by atoms with Gasteiger partial charge >= 0.3 is 5.97 Å². The Morgan fingerprint density at radius 2 is 2.07 bits per heavy atom. The zero-order chi connectivity index (χ0) is 20.2. The van der Waals surface area contributed by atoms with Crippen LogP contribution < -0.4 is 4.90 Å². The molecule has 0 unspecified atom stereocenters. The Kier molecular flexibility index (Phi) is 4.22. The SMILES string of the molecule is O=C(OCc1ccccc1)[C@@H]1[C@H]2C(=O)N(c3ccc(Cl)c(F)c3)C[C@]23C=C[C@H]1O3. The molecule has 4 atom stereocenters. The molecule has 29 heavy (non-hydrogen) atoms. The normalized spacial score (nSPS) is 29.4. The van der Waals surface area contributed by atoms with Crippen LogP contribution in [-0.4, -0.2) is 30.1 Å². The Morgan fingerprint density at radius 1 is 1.28 bits per heavy atom. The van der Waals surface area contributed by atoms with E-state index in [1.165, 1.54) is 17.0 Å². The Labute approximate surface area is 171 Å². The molecule has 2 aromatic carbocycles. The number of nitrogens with zero attached hydrogens (tertiary/aromatic N) is 1. The highest BCUT2D eigenvalue weighted by Gasteiger charge is 2.67. The Balaban J connectivity index is 1.39. The molecule has 3 heterocycles. The number of halogens is 2. The smallest absolute Gasteiger partial charge is 0.313 e. The lowest BCUT2D eigenvalue weighted by molar-refractivity contribution is -0.153. The maximum Gasteiger partial charge on any atom is 0.313 e. The van der Waals surface area contributed by atoms with Gasteiger partial charge in [-0.3, -0.25) is 9.59 Å². The number of rotatable bonds is 4. The first-order valence-electron chi connectivity index (χ1n) is 9.33. The van der Waals surface area contributed by atoms with E-state index in [4.69, 9.17) is 21.1 Å². The van der Waals surface area contributed by atoms with Crippen molar-refractivity contribution < 1.29 is 23.5 Å². The van der Waals surface area contributed by atoms with E-state index >= 15 is 0 Å². The number of hydrogen-bond donors (Lipinski definition) is 0. The van der Waals surface area contributed by atoms with Crippen LogP contribution in [0.25, 0.3) is 0 Å². The van der Waals surface area contributed by atoms with E-state index in [-0.39, 0.29) is 24.1 Å². The lowest BCUT2D eigenvalue weighted by atomic mass is 9.77. The molecular weight excluding hydrogens is 397 g/mol. The second-order valence-corrected chi connectivity index (χ2v) is 7.92. The lowest BCUT2D eigenvalue weighted by Gasteiger charge is -2.22. The average Bonchev–Trinajstić information content (AvgIpc) is 3.37. The first kappa shape index (κ1) is 18.3. The number of hydrogen-bond acceptors (Lipinski definition) is 4. The third-order valence-corrected chi connectivity index (χ3v) is 6.12. The highest BCUT2D eigenvalue weighted by atomic mass is 35.5. The topological polar surface area (TPSA) is 55.8 Å². The molecule has 0 aromatic heterocycles. The molecule has 148 valence electrons. The summed E-state index contributed by atoms with van der Waals surface area (Å²) in [4.78, 5) is 27.5. The van der Waals surface area contributed by atoms with E-state index < -0.39 is 35.3 Å². The van der Waals surface area contributed by atoms with E-state index in [0.29, 0.717) is 5.69 Å². The van der Waals surface area contributed by atoms with E-state index in [2.05, 4.69) is 0 Å². The maximum atomic E-state index is 13.9. The fourth-order valence-corrected chi connectivity index (χ4v) is 4.58. The fourth-order valence-electron chi connectivity index (χ4n) is 4.46. The van der Waals surface area contributed by atoms with Crippen molar-refractivity contribution in [3.05, 3.63) is 77.1 Å². The van der Waals surface area contributed by atoms with Crippen molar-refractivity contribution >= 4 is 29.2 Å². The molecule has 0 aliphatic carbocycles. The van der Waals surface area contributed by atoms with Crippen LogP contribution >= 0.6 is 11.6 Å². The van der Waals surface area contributed by atoms with Crippen molar-refractivity contribution in [2.24, 2.45) is 11.8 Å². The Bertz CT molecular complexity index is 1030. The van der Waals surface area contributed by atoms with E-state index in [1.807, 2.05) is 42.5 Å². The number of anilines is 1. The second kappa shape index (κ2) is 6.68. The predicted molar refractivity (Wildman–Crippen MR) is 104 cm³/mol. The standard InChI is InChI=1S/C22H17ClFNO4/c23-15-7-6-14(10-16(15)24)25-12-22-9-8-17(29-22)18(19(22)20(25)26)21(27)28-11-13-4-2-1-3-5-13/h1-10,17-19H,11-12H2/t17-,18+,19+,22-/m1/s1. The quantitative estimate of drug-likeness (QED) is 0.568. The van der Waals surface area contributed by atoms with Crippen LogP contribution in [0.4, 0.5) is 10.1 Å². The molecule has 0 radical (unpaired) electrons. The van der Waals surface area contributed by atoms with Crippen molar-refractivity contribution in [3.8, 4) is 0 Å². The molecule has 0 N–H and O–H groups in total. The molecule has 2 fully saturated rings. The minimum atomic E-state index is -0.895. The highest BCUT2D eigenvalue weighted by molar-refractivity contribution is 6.30. The molecule has 2 bridgehead atoms. The summed E-state index contributed by atoms with van der Waals surface area (Å²) >= 11 is 5.76. The molecular formula is C22H17ClFNO4. The highest BCUT2D eigenvalue weighted by Crippen LogP contribution is 2.53. The third-order valence-electron chi connectivity index (χ3n) is 5.81. The van der Waals surface area contributed by atoms with Crippen LogP contribution in [0.3, 0.4) is 0 Å². The van der Waals surface area contributed by atoms with Gasteiger partial charge < -0.3 is 14.4 Å². The van der Waals surface area contributed by atoms with Crippen molar-refractivity contribution in [1.29, 1.82) is 0 Å². The van der Waals surface area contributed by atoms with Gasteiger partial charge in [0.2, 0.25) is 5.91 Å². The van der Waals surface area contributed by atoms with Gasteiger partial charge in [0, 0.05) is 5.69 Å². The van der Waals surface area contributed by atoms with Crippen LogP contribution in [0.15, 0.2) is 60.7 Å². The van der Waals surface area contributed by atoms with Crippen LogP contribution in [0, 0.1) is 17.7 Å². The summed E-state index contributed by atoms with van der Waals surface area (Å²) in [6, 6.07) is 13.6. The van der Waals surface area contributed by atoms with Crippen molar-refractivity contribution in [2.75, 3.05) is 11.4 Å². The maximum absolute atomic E-state index is 13.9. The molecule has 1 spiro atoms. The molecule has 2 saturated heterocycles. The van der Waals surface area contributed by atoms with E-state index in [0.717, 1.165) is 5.56 Å². The number of carbonyl (C=O) groups is 2. The molecule has 0 saturated carbocycles. The minimum Gasteiger partial charge on any atom is -0.460 e. The van der Waals surface area contributed by atoms with Gasteiger partial charge in [-0.1, -0.05) is 54.1 Å². The van der Waals surface area contributed by atoms with Crippen molar-refractivity contribution in [2.45, 2.75) is 18.3 Å². The van der Waals surface area contributed by atoms with Gasteiger partial charge in [-0.2, -0.15) is 0 Å². The molecule has 1 amide bonds. The number of esters is 1. The van der Waals surface area contributed by atoms with Crippen LogP contribution in [0.5, 0.6) is 0 Å². The minimum absolute atomic E-state index is 0.0156. The van der Waals surface area contributed by atoms with Gasteiger partial charge in [-0.15, -0.1) is 0 Å². The first-order valence-corrected chi connectivity index (χ1v) is 9.70. The zero-order valence-electron chi connectivity index (χ0n) is 15.3. The number of ether oxygens (including phenoxy) is 2. The van der Waals surface area contributed by atoms with Gasteiger partial charge in [0.25, 0.3) is 0 Å². The third kappa shape index (κ3) is 2.86. The van der Waals surface area contributed by atoms with Gasteiger partial charge in [-0.25, -0.2) is 4.39 Å². The average molecular weight is 414 g/mol. The number of benzene rings is 2. The van der Waals surface area contributed by atoms with Gasteiger partial charge in [-0.05, 0) is 23.8 Å². The van der Waals surface area contributed by atoms with Gasteiger partial charge in [0.1, 0.15) is 23.9 Å². The summed E-state index contributed by atoms with van der Waals surface area (Å²) in [6.45, 7) is 0.347. The van der Waals surface area contributed by atoms with Crippen LogP contribution in [0.2, 0.25) is 5.02 Å². The van der Waals surface area contributed by atoms with Crippen LogP contribution in [-0.2, 0) is 25.7 Å². The molecule has 5 rings (SSSR count). The first-order chi connectivity index (χ1) is 14.0. The summed E-state index contributed by atoms with van der Waals surface area (Å²) in [5.74, 6) is -2.77. The van der Waals surface area contributed by atoms with Crippen LogP contribution in [0.1, 0.15) is 5.56 Å². The lowest BCUT2D eigenvalue weighted by Crippen LogP contribution is -2.40. The molecule has 5 nitrogen and oxygen atoms in total. The molecule has 3 aliphatic heterocycles. The number of fused-ring (bicyclic) bond motifs is 1.